The van der Waals surface area contributed by atoms with Crippen molar-refractivity contribution in [2.75, 3.05) is 13.2 Å². The molecule has 8 atom stereocenters. The van der Waals surface area contributed by atoms with Gasteiger partial charge in [-0.15, -0.1) is 0 Å². The van der Waals surface area contributed by atoms with Crippen molar-refractivity contribution in [3.8, 4) is 0 Å². The van der Waals surface area contributed by atoms with Crippen molar-refractivity contribution in [1.82, 2.24) is 5.32 Å². The summed E-state index contributed by atoms with van der Waals surface area (Å²) in [7, 11) is 0. The maximum atomic E-state index is 13.5. The first kappa shape index (κ1) is 81.3. The van der Waals surface area contributed by atoms with Gasteiger partial charge in [0.25, 0.3) is 0 Å². The number of aliphatic hydroxyl groups excluding tert-OH is 5. The molecule has 1 aliphatic rings. The highest BCUT2D eigenvalue weighted by molar-refractivity contribution is 5.80. The van der Waals surface area contributed by atoms with Crippen molar-refractivity contribution in [2.24, 2.45) is 0 Å². The molecule has 0 aromatic heterocycles. The van der Waals surface area contributed by atoms with Crippen LogP contribution >= 0.6 is 0 Å². The largest absolute Gasteiger partial charge is 0.454 e. The van der Waals surface area contributed by atoms with Crippen LogP contribution in [0.25, 0.3) is 0 Å². The van der Waals surface area contributed by atoms with Gasteiger partial charge in [-0.25, -0.2) is 0 Å². The number of esters is 1. The molecule has 0 saturated carbocycles. The average molecular weight is 1220 g/mol. The van der Waals surface area contributed by atoms with Crippen LogP contribution < -0.4 is 5.32 Å². The van der Waals surface area contributed by atoms with Crippen LogP contribution in [-0.2, 0) is 23.8 Å². The zero-order valence-corrected chi connectivity index (χ0v) is 55.6. The highest BCUT2D eigenvalue weighted by Gasteiger charge is 2.47. The van der Waals surface area contributed by atoms with Crippen molar-refractivity contribution in [1.29, 1.82) is 0 Å². The van der Waals surface area contributed by atoms with Crippen LogP contribution in [0.4, 0.5) is 0 Å². The van der Waals surface area contributed by atoms with Crippen LogP contribution in [0, 0.1) is 0 Å². The second-order valence-corrected chi connectivity index (χ2v) is 24.2. The number of hydrogen-bond donors (Lipinski definition) is 6. The number of carbonyl (C=O) groups is 2. The Balaban J connectivity index is 2.55. The van der Waals surface area contributed by atoms with E-state index in [-0.39, 0.29) is 19.4 Å². The molecule has 0 aromatic carbocycles. The summed E-state index contributed by atoms with van der Waals surface area (Å²) in [5.41, 5.74) is 0. The molecule has 0 spiro atoms. The lowest BCUT2D eigenvalue weighted by Crippen LogP contribution is -2.61. The maximum absolute atomic E-state index is 13.5. The molecular weight excluding hydrogens is 1090 g/mol. The number of allylic oxidation sites excluding steroid dienone is 17. The Hall–Kier alpha value is -3.68. The van der Waals surface area contributed by atoms with Crippen LogP contribution in [0.2, 0.25) is 0 Å². The predicted octanol–water partition coefficient (Wildman–Crippen LogP) is 18.4. The molecule has 0 aliphatic carbocycles. The van der Waals surface area contributed by atoms with E-state index in [1.165, 1.54) is 128 Å². The summed E-state index contributed by atoms with van der Waals surface area (Å²) in [6.07, 6.45) is 75.5. The molecule has 1 fully saturated rings. The predicted molar refractivity (Wildman–Crippen MR) is 365 cm³/mol. The molecule has 1 rings (SSSR count). The van der Waals surface area contributed by atoms with Crippen LogP contribution in [0.3, 0.4) is 0 Å². The fourth-order valence-electron chi connectivity index (χ4n) is 10.6. The fraction of sp³-hybridized carbons (Fsp3) is 0.737. The van der Waals surface area contributed by atoms with Crippen molar-refractivity contribution >= 4 is 11.9 Å². The number of amides is 1. The number of aliphatic hydroxyl groups is 5. The van der Waals surface area contributed by atoms with Gasteiger partial charge in [-0.05, 0) is 109 Å². The van der Waals surface area contributed by atoms with Gasteiger partial charge in [-0.2, -0.15) is 0 Å². The van der Waals surface area contributed by atoms with E-state index in [0.717, 1.165) is 122 Å². The van der Waals surface area contributed by atoms with Crippen molar-refractivity contribution in [3.05, 3.63) is 109 Å². The van der Waals surface area contributed by atoms with Gasteiger partial charge in [0.2, 0.25) is 5.91 Å². The van der Waals surface area contributed by atoms with Gasteiger partial charge in [-0.1, -0.05) is 291 Å². The molecule has 11 heteroatoms. The number of hydrogen-bond acceptors (Lipinski definition) is 10. The highest BCUT2D eigenvalue weighted by atomic mass is 16.7. The maximum Gasteiger partial charge on any atom is 0.306 e. The molecule has 1 heterocycles. The van der Waals surface area contributed by atoms with Gasteiger partial charge in [0, 0.05) is 6.42 Å². The van der Waals surface area contributed by atoms with Gasteiger partial charge in [-0.3, -0.25) is 9.59 Å². The zero-order valence-electron chi connectivity index (χ0n) is 55.6. The van der Waals surface area contributed by atoms with Crippen molar-refractivity contribution in [2.45, 2.75) is 346 Å². The van der Waals surface area contributed by atoms with Gasteiger partial charge < -0.3 is 45.1 Å². The first-order valence-corrected chi connectivity index (χ1v) is 35.7. The third-order valence-corrected chi connectivity index (χ3v) is 16.2. The van der Waals surface area contributed by atoms with E-state index >= 15 is 0 Å². The monoisotopic (exact) mass is 1220 g/mol. The first-order chi connectivity index (χ1) is 42.7. The van der Waals surface area contributed by atoms with E-state index in [9.17, 15) is 35.1 Å². The Morgan fingerprint density at radius 2 is 0.828 bits per heavy atom. The number of unbranched alkanes of at least 4 members (excludes halogenated alkanes) is 30. The Labute approximate surface area is 532 Å². The first-order valence-electron chi connectivity index (χ1n) is 35.7. The Bertz CT molecular complexity index is 1830. The minimum atomic E-state index is -1.62. The Kier molecular flexibility index (Phi) is 58.4. The lowest BCUT2D eigenvalue weighted by atomic mass is 9.99. The molecule has 0 bridgehead atoms. The van der Waals surface area contributed by atoms with Gasteiger partial charge >= 0.3 is 5.97 Å². The molecule has 1 saturated heterocycles. The van der Waals surface area contributed by atoms with Crippen molar-refractivity contribution < 1.29 is 49.3 Å². The second kappa shape index (κ2) is 62.5. The molecule has 500 valence electrons. The standard InChI is InChI=1S/C76H131NO10/c1-4-7-10-13-16-19-22-24-26-28-30-32-33-34-35-36-37-38-40-42-44-46-49-52-55-58-61-64-71(81)87-74-73(83)72(82)70(65-78)86-76(74)85-66-67(68(79)62-59-56-53-50-47-21-18-15-12-9-6-3)77-75(84)69(80)63-60-57-54-51-48-45-43-41-39-31-29-27-25-23-20-17-14-11-8-5-2/h7,10,16-17,19-20,24-27,30-32,34-35,39,59,62,67-70,72-74,76,78-80,82-83H,4-6,8-9,11-15,18,21-23,28-29,33,36-38,40-58,60-61,63-66H2,1-3H3,(H,77,84)/b10-7-,19-16-,20-17-,26-24-,27-25-,32-30-,35-34-,39-31-,62-59+. The second-order valence-electron chi connectivity index (χ2n) is 24.2. The average Bonchev–Trinajstić information content (AvgIpc) is 2.93. The summed E-state index contributed by atoms with van der Waals surface area (Å²) in [4.78, 5) is 26.7. The van der Waals surface area contributed by atoms with E-state index in [4.69, 9.17) is 14.2 Å². The van der Waals surface area contributed by atoms with E-state index in [1.807, 2.05) is 6.08 Å². The molecule has 1 aliphatic heterocycles. The van der Waals surface area contributed by atoms with E-state index in [2.05, 4.69) is 123 Å². The van der Waals surface area contributed by atoms with E-state index in [1.54, 1.807) is 6.08 Å². The summed E-state index contributed by atoms with van der Waals surface area (Å²) in [5.74, 6) is -1.21. The Morgan fingerprint density at radius 3 is 1.26 bits per heavy atom. The zero-order chi connectivity index (χ0) is 63.1. The molecular formula is C76H131NO10. The molecule has 1 amide bonds. The summed E-state index contributed by atoms with van der Waals surface area (Å²) in [6.45, 7) is 5.65. The smallest absolute Gasteiger partial charge is 0.306 e. The van der Waals surface area contributed by atoms with Crippen molar-refractivity contribution in [3.63, 3.8) is 0 Å². The minimum Gasteiger partial charge on any atom is -0.454 e. The summed E-state index contributed by atoms with van der Waals surface area (Å²) in [5, 5.41) is 57.2. The van der Waals surface area contributed by atoms with Crippen LogP contribution in [0.15, 0.2) is 109 Å². The third-order valence-electron chi connectivity index (χ3n) is 16.2. The molecule has 8 unspecified atom stereocenters. The van der Waals surface area contributed by atoms with Gasteiger partial charge in [0.1, 0.15) is 24.4 Å². The van der Waals surface area contributed by atoms with E-state index in [0.29, 0.717) is 12.8 Å². The topological polar surface area (TPSA) is 175 Å². The molecule has 0 aromatic rings. The summed E-state index contributed by atoms with van der Waals surface area (Å²) in [6, 6.07) is -1.03. The molecule has 87 heavy (non-hydrogen) atoms. The number of carbonyl (C=O) groups excluding carboxylic acids is 2. The molecule has 0 radical (unpaired) electrons. The lowest BCUT2D eigenvalue weighted by molar-refractivity contribution is -0.305. The Morgan fingerprint density at radius 1 is 0.460 bits per heavy atom. The number of nitrogens with one attached hydrogen (secondary N) is 1. The van der Waals surface area contributed by atoms with Crippen LogP contribution in [-0.4, -0.2) is 99.6 Å². The van der Waals surface area contributed by atoms with Crippen LogP contribution in [0.1, 0.15) is 297 Å². The quantitative estimate of drug-likeness (QED) is 0.0195. The van der Waals surface area contributed by atoms with Gasteiger partial charge in [0.15, 0.2) is 12.4 Å². The lowest BCUT2D eigenvalue weighted by Gasteiger charge is -2.41. The third kappa shape index (κ3) is 49.7. The molecule has 6 N–H and O–H groups in total. The van der Waals surface area contributed by atoms with Gasteiger partial charge in [0.05, 0.1) is 25.4 Å². The minimum absolute atomic E-state index is 0.114. The number of ether oxygens (including phenoxy) is 3. The fourth-order valence-corrected chi connectivity index (χ4v) is 10.6. The summed E-state index contributed by atoms with van der Waals surface area (Å²) >= 11 is 0. The van der Waals surface area contributed by atoms with Crippen LogP contribution in [0.5, 0.6) is 0 Å². The van der Waals surface area contributed by atoms with E-state index < -0.39 is 67.4 Å². The highest BCUT2D eigenvalue weighted by Crippen LogP contribution is 2.26. The molecule has 11 nitrogen and oxygen atoms in total. The number of rotatable bonds is 60. The summed E-state index contributed by atoms with van der Waals surface area (Å²) < 4.78 is 17.7. The SMILES string of the molecule is CC/C=C\C/C=C\C/C=C\C/C=C\C/C=C\CCCCCCCCCCCCCC(=O)OC1C(OCC(NC(=O)C(O)CCCCCCCCC/C=C\C/C=C\C/C=C\CCCCC)C(O)/C=C/CCCCCCCCCCC)OC(CO)C(O)C1O. The normalized spacial score (nSPS) is 18.9.